The minimum absolute atomic E-state index is 0.0504. The quantitative estimate of drug-likeness (QED) is 0.510. The van der Waals surface area contributed by atoms with Gasteiger partial charge in [0.1, 0.15) is 5.75 Å². The van der Waals surface area contributed by atoms with E-state index in [-0.39, 0.29) is 46.9 Å². The van der Waals surface area contributed by atoms with E-state index in [2.05, 4.69) is 0 Å². The molecule has 4 rings (SSSR count). The number of amides is 2. The van der Waals surface area contributed by atoms with Gasteiger partial charge in [0.25, 0.3) is 5.69 Å². The molecule has 22 heavy (non-hydrogen) atoms. The number of carbonyl (C=O) groups is 2. The molecule has 1 saturated heterocycles. The molecular weight excluding hydrogens is 288 g/mol. The highest BCUT2D eigenvalue weighted by Crippen LogP contribution is 2.57. The summed E-state index contributed by atoms with van der Waals surface area (Å²) in [6.07, 6.45) is 2.89. The van der Waals surface area contributed by atoms with Gasteiger partial charge in [-0.25, -0.2) is 4.90 Å². The monoisotopic (exact) mass is 302 g/mol. The van der Waals surface area contributed by atoms with E-state index in [1.54, 1.807) is 0 Å². The third kappa shape index (κ3) is 1.56. The van der Waals surface area contributed by atoms with E-state index >= 15 is 0 Å². The van der Waals surface area contributed by atoms with Gasteiger partial charge in [0.2, 0.25) is 11.8 Å². The average molecular weight is 302 g/mol. The van der Waals surface area contributed by atoms with E-state index in [4.69, 9.17) is 0 Å². The summed E-state index contributed by atoms with van der Waals surface area (Å²) in [5.41, 5.74) is -0.227. The number of phenols is 1. The highest BCUT2D eigenvalue weighted by Gasteiger charge is 2.61. The van der Waals surface area contributed by atoms with Crippen molar-refractivity contribution < 1.29 is 19.6 Å². The Hall–Kier alpha value is -2.44. The van der Waals surface area contributed by atoms with Gasteiger partial charge in [-0.1, -0.05) is 0 Å². The Morgan fingerprint density at radius 2 is 1.73 bits per heavy atom. The maximum atomic E-state index is 12.6. The molecule has 114 valence electrons. The number of hydrogen-bond donors (Lipinski definition) is 1. The summed E-state index contributed by atoms with van der Waals surface area (Å²) in [4.78, 5) is 36.3. The standard InChI is InChI=1S/C15H14N2O5/c18-11-6-9(17(21)22)3-4-10(11)16-14(19)12-7-1-2-8(5-7)13(12)15(16)20/h3-4,6-8,12-13,18H,1-2,5H2/t7-,8+,12-,13+. The summed E-state index contributed by atoms with van der Waals surface area (Å²) < 4.78 is 0. The van der Waals surface area contributed by atoms with Crippen LogP contribution in [0.4, 0.5) is 11.4 Å². The number of carbonyl (C=O) groups excluding carboxylic acids is 2. The number of phenolic OH excluding ortho intramolecular Hbond substituents is 1. The lowest BCUT2D eigenvalue weighted by molar-refractivity contribution is -0.384. The van der Waals surface area contributed by atoms with Crippen LogP contribution in [0, 0.1) is 33.8 Å². The number of imide groups is 1. The minimum atomic E-state index is -0.633. The van der Waals surface area contributed by atoms with Crippen LogP contribution in [0.3, 0.4) is 0 Å². The van der Waals surface area contributed by atoms with E-state index < -0.39 is 10.7 Å². The number of non-ortho nitro benzene ring substituents is 1. The number of nitro benzene ring substituents is 1. The Kier molecular flexibility index (Phi) is 2.58. The topological polar surface area (TPSA) is 101 Å². The second kappa shape index (κ2) is 4.28. The van der Waals surface area contributed by atoms with Crippen molar-refractivity contribution in [1.29, 1.82) is 0 Å². The molecule has 0 aromatic heterocycles. The van der Waals surface area contributed by atoms with Gasteiger partial charge >= 0.3 is 0 Å². The van der Waals surface area contributed by atoms with Crippen molar-refractivity contribution in [2.45, 2.75) is 19.3 Å². The Morgan fingerprint density at radius 3 is 2.23 bits per heavy atom. The maximum Gasteiger partial charge on any atom is 0.273 e. The molecule has 1 N–H and O–H groups in total. The van der Waals surface area contributed by atoms with Crippen molar-refractivity contribution in [2.75, 3.05) is 4.90 Å². The fourth-order valence-corrected chi connectivity index (χ4v) is 4.46. The zero-order chi connectivity index (χ0) is 15.6. The lowest BCUT2D eigenvalue weighted by atomic mass is 9.81. The van der Waals surface area contributed by atoms with Crippen molar-refractivity contribution in [3.05, 3.63) is 28.3 Å². The summed E-state index contributed by atoms with van der Waals surface area (Å²) in [5.74, 6) is -0.990. The van der Waals surface area contributed by atoms with Crippen LogP contribution in [0.15, 0.2) is 18.2 Å². The van der Waals surface area contributed by atoms with E-state index in [0.717, 1.165) is 30.2 Å². The van der Waals surface area contributed by atoms with Gasteiger partial charge in [0, 0.05) is 6.07 Å². The molecule has 3 fully saturated rings. The molecule has 2 amide bonds. The summed E-state index contributed by atoms with van der Waals surface area (Å²) in [5, 5.41) is 20.7. The van der Waals surface area contributed by atoms with Gasteiger partial charge in [-0.2, -0.15) is 0 Å². The molecule has 0 radical (unpaired) electrons. The molecule has 0 unspecified atom stereocenters. The zero-order valence-corrected chi connectivity index (χ0v) is 11.6. The van der Waals surface area contributed by atoms with Crippen molar-refractivity contribution >= 4 is 23.2 Å². The fourth-order valence-electron chi connectivity index (χ4n) is 4.46. The highest BCUT2D eigenvalue weighted by atomic mass is 16.6. The normalized spacial score (nSPS) is 32.6. The Balaban J connectivity index is 1.73. The van der Waals surface area contributed by atoms with Crippen LogP contribution in [0.25, 0.3) is 0 Å². The fraction of sp³-hybridized carbons (Fsp3) is 0.467. The average Bonchev–Trinajstić information content (AvgIpc) is 3.14. The number of nitro groups is 1. The minimum Gasteiger partial charge on any atom is -0.505 e. The van der Waals surface area contributed by atoms with Crippen LogP contribution >= 0.6 is 0 Å². The van der Waals surface area contributed by atoms with Gasteiger partial charge in [0.15, 0.2) is 0 Å². The predicted octanol–water partition coefficient (Wildman–Crippen LogP) is 1.84. The van der Waals surface area contributed by atoms with Gasteiger partial charge in [-0.05, 0) is 37.2 Å². The maximum absolute atomic E-state index is 12.6. The first-order valence-corrected chi connectivity index (χ1v) is 7.34. The number of hydrogen-bond acceptors (Lipinski definition) is 5. The van der Waals surface area contributed by atoms with Crippen molar-refractivity contribution in [2.24, 2.45) is 23.7 Å². The lowest BCUT2D eigenvalue weighted by Crippen LogP contribution is -2.32. The van der Waals surface area contributed by atoms with Gasteiger partial charge in [-0.3, -0.25) is 19.7 Å². The molecule has 3 aliphatic rings. The summed E-state index contributed by atoms with van der Waals surface area (Å²) in [6.45, 7) is 0. The largest absolute Gasteiger partial charge is 0.505 e. The molecule has 1 aromatic rings. The zero-order valence-electron chi connectivity index (χ0n) is 11.6. The van der Waals surface area contributed by atoms with Crippen molar-refractivity contribution in [3.8, 4) is 5.75 Å². The Bertz CT molecular complexity index is 688. The van der Waals surface area contributed by atoms with Crippen LogP contribution in [0.2, 0.25) is 0 Å². The predicted molar refractivity (Wildman–Crippen MR) is 75.1 cm³/mol. The van der Waals surface area contributed by atoms with Crippen LogP contribution in [0.1, 0.15) is 19.3 Å². The first-order valence-electron chi connectivity index (χ1n) is 7.34. The first kappa shape index (κ1) is 13.2. The van der Waals surface area contributed by atoms with Gasteiger partial charge in [-0.15, -0.1) is 0 Å². The smallest absolute Gasteiger partial charge is 0.273 e. The molecule has 0 spiro atoms. The van der Waals surface area contributed by atoms with Gasteiger partial charge in [0.05, 0.1) is 28.5 Å². The van der Waals surface area contributed by atoms with Crippen LogP contribution < -0.4 is 4.90 Å². The molecule has 2 aliphatic carbocycles. The number of fused-ring (bicyclic) bond motifs is 5. The summed E-state index contributed by atoms with van der Waals surface area (Å²) in [7, 11) is 0. The summed E-state index contributed by atoms with van der Waals surface area (Å²) >= 11 is 0. The number of nitrogens with zero attached hydrogens (tertiary/aromatic N) is 2. The van der Waals surface area contributed by atoms with E-state index in [1.165, 1.54) is 12.1 Å². The molecule has 7 nitrogen and oxygen atoms in total. The van der Waals surface area contributed by atoms with E-state index in [9.17, 15) is 24.8 Å². The lowest BCUT2D eigenvalue weighted by Gasteiger charge is -2.19. The van der Waals surface area contributed by atoms with Crippen LogP contribution in [0.5, 0.6) is 5.75 Å². The SMILES string of the molecule is O=C1[C@@H]2[C@@H]3CC[C@@H](C3)[C@@H]2C(=O)N1c1ccc([N+](=O)[O-])cc1O. The van der Waals surface area contributed by atoms with Crippen molar-refractivity contribution in [3.63, 3.8) is 0 Å². The first-order chi connectivity index (χ1) is 10.5. The number of aromatic hydroxyl groups is 1. The van der Waals surface area contributed by atoms with Gasteiger partial charge < -0.3 is 5.11 Å². The number of anilines is 1. The third-order valence-electron chi connectivity index (χ3n) is 5.34. The Labute approximate surface area is 125 Å². The second-order valence-electron chi connectivity index (χ2n) is 6.33. The molecule has 1 heterocycles. The Morgan fingerprint density at radius 1 is 1.14 bits per heavy atom. The molecule has 7 heteroatoms. The van der Waals surface area contributed by atoms with Crippen LogP contribution in [-0.4, -0.2) is 21.8 Å². The molecular formula is C15H14N2O5. The second-order valence-corrected chi connectivity index (χ2v) is 6.33. The number of rotatable bonds is 2. The number of benzene rings is 1. The van der Waals surface area contributed by atoms with Crippen molar-refractivity contribution in [1.82, 2.24) is 0 Å². The molecule has 2 saturated carbocycles. The molecule has 4 atom stereocenters. The summed E-state index contributed by atoms with van der Waals surface area (Å²) in [6, 6.07) is 3.43. The molecule has 1 aromatic carbocycles. The van der Waals surface area contributed by atoms with E-state index in [0.29, 0.717) is 0 Å². The molecule has 2 bridgehead atoms. The third-order valence-corrected chi connectivity index (χ3v) is 5.34. The van der Waals surface area contributed by atoms with E-state index in [1.807, 2.05) is 0 Å². The molecule has 1 aliphatic heterocycles. The highest BCUT2D eigenvalue weighted by molar-refractivity contribution is 6.23. The van der Waals surface area contributed by atoms with Crippen LogP contribution in [-0.2, 0) is 9.59 Å².